The van der Waals surface area contributed by atoms with Crippen molar-refractivity contribution < 1.29 is 4.92 Å². The second-order valence-electron chi connectivity index (χ2n) is 5.10. The smallest absolute Gasteiger partial charge is 0.313 e. The summed E-state index contributed by atoms with van der Waals surface area (Å²) in [4.78, 5) is 16.9. The number of nitro groups is 1. The van der Waals surface area contributed by atoms with Crippen molar-refractivity contribution in [3.8, 4) is 0 Å². The van der Waals surface area contributed by atoms with Crippen LogP contribution in [-0.4, -0.2) is 35.6 Å². The maximum atomic E-state index is 11.1. The molecule has 102 valence electrons. The van der Waals surface area contributed by atoms with Crippen LogP contribution in [0.1, 0.15) is 12.8 Å². The van der Waals surface area contributed by atoms with Crippen molar-refractivity contribution in [2.75, 3.05) is 24.5 Å². The minimum absolute atomic E-state index is 0.00286. The molecule has 2 fully saturated rings. The van der Waals surface area contributed by atoms with E-state index >= 15 is 0 Å². The Morgan fingerprint density at radius 2 is 2.37 bits per heavy atom. The van der Waals surface area contributed by atoms with Gasteiger partial charge in [0.2, 0.25) is 5.82 Å². The second kappa shape index (κ2) is 4.94. The zero-order chi connectivity index (χ0) is 13.4. The van der Waals surface area contributed by atoms with Gasteiger partial charge in [-0.2, -0.15) is 0 Å². The highest BCUT2D eigenvalue weighted by molar-refractivity contribution is 6.30. The summed E-state index contributed by atoms with van der Waals surface area (Å²) in [5.74, 6) is 1.01. The van der Waals surface area contributed by atoms with E-state index in [4.69, 9.17) is 11.6 Å². The molecule has 1 aromatic rings. The summed E-state index contributed by atoms with van der Waals surface area (Å²) in [5.41, 5.74) is -0.00286. The number of fused-ring (bicyclic) bond motifs is 1. The van der Waals surface area contributed by atoms with Crippen LogP contribution >= 0.6 is 11.6 Å². The summed E-state index contributed by atoms with van der Waals surface area (Å²) >= 11 is 5.79. The maximum absolute atomic E-state index is 11.1. The molecule has 1 N–H and O–H groups in total. The lowest BCUT2D eigenvalue weighted by atomic mass is 9.93. The predicted octanol–water partition coefficient (Wildman–Crippen LogP) is 1.83. The van der Waals surface area contributed by atoms with E-state index in [-0.39, 0.29) is 5.69 Å². The lowest BCUT2D eigenvalue weighted by Crippen LogP contribution is -2.44. The quantitative estimate of drug-likeness (QED) is 0.662. The molecule has 0 saturated carbocycles. The molecule has 3 rings (SSSR count). The third kappa shape index (κ3) is 2.37. The van der Waals surface area contributed by atoms with Crippen molar-refractivity contribution >= 4 is 23.1 Å². The van der Waals surface area contributed by atoms with Crippen molar-refractivity contribution in [3.05, 3.63) is 27.4 Å². The van der Waals surface area contributed by atoms with Gasteiger partial charge < -0.3 is 10.2 Å². The van der Waals surface area contributed by atoms with Gasteiger partial charge in [-0.1, -0.05) is 11.6 Å². The number of rotatable bonds is 2. The third-order valence-electron chi connectivity index (χ3n) is 3.97. The van der Waals surface area contributed by atoms with Crippen molar-refractivity contribution in [3.63, 3.8) is 0 Å². The highest BCUT2D eigenvalue weighted by atomic mass is 35.5. The van der Waals surface area contributed by atoms with Gasteiger partial charge in [-0.3, -0.25) is 10.1 Å². The van der Waals surface area contributed by atoms with Gasteiger partial charge in [0.1, 0.15) is 0 Å². The topological polar surface area (TPSA) is 71.3 Å². The maximum Gasteiger partial charge on any atom is 0.313 e. The largest absolute Gasteiger partial charge is 0.350 e. The minimum Gasteiger partial charge on any atom is -0.350 e. The summed E-state index contributed by atoms with van der Waals surface area (Å²) in [5, 5.41) is 14.9. The molecule has 6 nitrogen and oxygen atoms in total. The SMILES string of the molecule is O=[N+]([O-])c1cc(Cl)cnc1N1CCC2NCCC2C1. The lowest BCUT2D eigenvalue weighted by molar-refractivity contribution is -0.384. The standard InChI is InChI=1S/C12H15ClN4O2/c13-9-5-11(17(18)19)12(15-6-9)16-4-2-10-8(7-16)1-3-14-10/h5-6,8,10,14H,1-4,7H2. The molecule has 2 saturated heterocycles. The van der Waals surface area contributed by atoms with E-state index in [9.17, 15) is 10.1 Å². The van der Waals surface area contributed by atoms with E-state index in [2.05, 4.69) is 10.3 Å². The van der Waals surface area contributed by atoms with Gasteiger partial charge in [0.05, 0.1) is 9.95 Å². The third-order valence-corrected chi connectivity index (χ3v) is 4.17. The van der Waals surface area contributed by atoms with Crippen LogP contribution in [0.15, 0.2) is 12.3 Å². The molecular formula is C12H15ClN4O2. The van der Waals surface area contributed by atoms with E-state index in [1.165, 1.54) is 12.3 Å². The molecule has 0 bridgehead atoms. The molecule has 7 heteroatoms. The first-order valence-electron chi connectivity index (χ1n) is 6.43. The minimum atomic E-state index is -0.410. The summed E-state index contributed by atoms with van der Waals surface area (Å²) in [6, 6.07) is 1.94. The molecule has 1 aromatic heterocycles. The first-order valence-corrected chi connectivity index (χ1v) is 6.81. The molecule has 3 heterocycles. The molecule has 19 heavy (non-hydrogen) atoms. The Morgan fingerprint density at radius 3 is 3.16 bits per heavy atom. The number of aromatic nitrogens is 1. The Morgan fingerprint density at radius 1 is 1.53 bits per heavy atom. The molecule has 2 unspecified atom stereocenters. The number of hydrogen-bond donors (Lipinski definition) is 1. The fourth-order valence-corrected chi connectivity index (χ4v) is 3.19. The number of hydrogen-bond acceptors (Lipinski definition) is 5. The molecule has 0 spiro atoms. The van der Waals surface area contributed by atoms with Crippen molar-refractivity contribution in [1.29, 1.82) is 0 Å². The van der Waals surface area contributed by atoms with E-state index < -0.39 is 4.92 Å². The summed E-state index contributed by atoms with van der Waals surface area (Å²) in [7, 11) is 0. The van der Waals surface area contributed by atoms with Gasteiger partial charge in [-0.25, -0.2) is 4.98 Å². The first-order chi connectivity index (χ1) is 9.15. The summed E-state index contributed by atoms with van der Waals surface area (Å²) in [6.45, 7) is 2.66. The highest BCUT2D eigenvalue weighted by Crippen LogP contribution is 2.33. The van der Waals surface area contributed by atoms with Gasteiger partial charge in [-0.05, 0) is 25.3 Å². The second-order valence-corrected chi connectivity index (χ2v) is 5.53. The zero-order valence-corrected chi connectivity index (χ0v) is 11.1. The van der Waals surface area contributed by atoms with Gasteiger partial charge in [0.25, 0.3) is 0 Å². The predicted molar refractivity (Wildman–Crippen MR) is 72.6 cm³/mol. The number of pyridine rings is 1. The zero-order valence-electron chi connectivity index (χ0n) is 10.4. The Balaban J connectivity index is 1.87. The lowest BCUT2D eigenvalue weighted by Gasteiger charge is -2.35. The van der Waals surface area contributed by atoms with Crippen LogP contribution in [0.25, 0.3) is 0 Å². The van der Waals surface area contributed by atoms with E-state index in [1.54, 1.807) is 0 Å². The number of nitrogens with zero attached hydrogens (tertiary/aromatic N) is 3. The van der Waals surface area contributed by atoms with E-state index in [1.807, 2.05) is 4.90 Å². The highest BCUT2D eigenvalue weighted by Gasteiger charge is 2.35. The fraction of sp³-hybridized carbons (Fsp3) is 0.583. The van der Waals surface area contributed by atoms with Crippen LogP contribution in [0, 0.1) is 16.0 Å². The monoisotopic (exact) mass is 282 g/mol. The van der Waals surface area contributed by atoms with Crippen molar-refractivity contribution in [2.45, 2.75) is 18.9 Å². The Hall–Kier alpha value is -1.40. The van der Waals surface area contributed by atoms with Crippen LogP contribution < -0.4 is 10.2 Å². The van der Waals surface area contributed by atoms with Crippen LogP contribution in [0.4, 0.5) is 11.5 Å². The van der Waals surface area contributed by atoms with Crippen LogP contribution in [-0.2, 0) is 0 Å². The van der Waals surface area contributed by atoms with Crippen molar-refractivity contribution in [1.82, 2.24) is 10.3 Å². The van der Waals surface area contributed by atoms with Crippen LogP contribution in [0.2, 0.25) is 5.02 Å². The molecule has 0 radical (unpaired) electrons. The number of halogens is 1. The van der Waals surface area contributed by atoms with E-state index in [0.717, 1.165) is 32.5 Å². The molecule has 2 atom stereocenters. The molecule has 0 aliphatic carbocycles. The summed E-state index contributed by atoms with van der Waals surface area (Å²) in [6.07, 6.45) is 3.61. The van der Waals surface area contributed by atoms with Gasteiger partial charge in [0, 0.05) is 31.4 Å². The molecule has 0 aromatic carbocycles. The fourth-order valence-electron chi connectivity index (χ4n) is 3.04. The Bertz CT molecular complexity index is 511. The number of nitrogens with one attached hydrogen (secondary N) is 1. The van der Waals surface area contributed by atoms with Gasteiger partial charge >= 0.3 is 5.69 Å². The molecule has 0 amide bonds. The molecule has 2 aliphatic heterocycles. The molecule has 2 aliphatic rings. The Labute approximate surface area is 115 Å². The van der Waals surface area contributed by atoms with Gasteiger partial charge in [-0.15, -0.1) is 0 Å². The first kappa shape index (κ1) is 12.6. The average Bonchev–Trinajstić information content (AvgIpc) is 2.85. The van der Waals surface area contributed by atoms with E-state index in [0.29, 0.717) is 22.8 Å². The normalized spacial score (nSPS) is 26.3. The molecular weight excluding hydrogens is 268 g/mol. The average molecular weight is 283 g/mol. The number of anilines is 1. The summed E-state index contributed by atoms with van der Waals surface area (Å²) < 4.78 is 0. The van der Waals surface area contributed by atoms with Crippen LogP contribution in [0.3, 0.4) is 0 Å². The van der Waals surface area contributed by atoms with Gasteiger partial charge in [0.15, 0.2) is 0 Å². The van der Waals surface area contributed by atoms with Crippen LogP contribution in [0.5, 0.6) is 0 Å². The number of piperidine rings is 1. The van der Waals surface area contributed by atoms with Crippen molar-refractivity contribution in [2.24, 2.45) is 5.92 Å². The Kier molecular flexibility index (Phi) is 3.28.